The summed E-state index contributed by atoms with van der Waals surface area (Å²) in [7, 11) is -3.66. The van der Waals surface area contributed by atoms with Crippen LogP contribution in [0.5, 0.6) is 0 Å². The van der Waals surface area contributed by atoms with Gasteiger partial charge in [0.05, 0.1) is 4.90 Å². The first kappa shape index (κ1) is 11.7. The highest BCUT2D eigenvalue weighted by Crippen LogP contribution is 2.16. The molecule has 0 radical (unpaired) electrons. The first-order valence-corrected chi connectivity index (χ1v) is 6.40. The van der Waals surface area contributed by atoms with E-state index >= 15 is 0 Å². The Morgan fingerprint density at radius 1 is 1.41 bits per heavy atom. The Bertz CT molecular complexity index is 637. The SMILES string of the molecule is Cc1noc(CS(=O)(=O)c2cccc(F)c2)n1. The van der Waals surface area contributed by atoms with E-state index in [0.29, 0.717) is 5.82 Å². The van der Waals surface area contributed by atoms with Crippen LogP contribution in [0.15, 0.2) is 33.7 Å². The molecule has 1 aromatic heterocycles. The Balaban J connectivity index is 2.31. The second kappa shape index (κ2) is 4.25. The van der Waals surface area contributed by atoms with E-state index < -0.39 is 21.4 Å². The van der Waals surface area contributed by atoms with Crippen LogP contribution in [0.25, 0.3) is 0 Å². The lowest BCUT2D eigenvalue weighted by Gasteiger charge is -2.00. The van der Waals surface area contributed by atoms with Gasteiger partial charge in [-0.05, 0) is 25.1 Å². The predicted octanol–water partition coefficient (Wildman–Crippen LogP) is 1.49. The van der Waals surface area contributed by atoms with E-state index in [1.807, 2.05) is 0 Å². The number of nitrogens with zero attached hydrogens (tertiary/aromatic N) is 2. The molecule has 2 rings (SSSR count). The number of halogens is 1. The second-order valence-electron chi connectivity index (χ2n) is 3.45. The summed E-state index contributed by atoms with van der Waals surface area (Å²) in [6.45, 7) is 1.59. The van der Waals surface area contributed by atoms with Crippen LogP contribution in [0.3, 0.4) is 0 Å². The van der Waals surface area contributed by atoms with E-state index in [2.05, 4.69) is 10.1 Å². The summed E-state index contributed by atoms with van der Waals surface area (Å²) < 4.78 is 41.4. The van der Waals surface area contributed by atoms with Crippen LogP contribution in [0.4, 0.5) is 4.39 Å². The zero-order valence-corrected chi connectivity index (χ0v) is 9.74. The van der Waals surface area contributed by atoms with Gasteiger partial charge in [0.15, 0.2) is 15.7 Å². The van der Waals surface area contributed by atoms with Crippen LogP contribution in [0, 0.1) is 12.7 Å². The van der Waals surface area contributed by atoms with Crippen LogP contribution >= 0.6 is 0 Å². The van der Waals surface area contributed by atoms with Crippen molar-refractivity contribution in [1.82, 2.24) is 10.1 Å². The highest BCUT2D eigenvalue weighted by atomic mass is 32.2. The first-order valence-electron chi connectivity index (χ1n) is 4.75. The summed E-state index contributed by atoms with van der Waals surface area (Å²) in [6, 6.07) is 4.79. The average molecular weight is 256 g/mol. The number of aromatic nitrogens is 2. The molecule has 90 valence electrons. The average Bonchev–Trinajstić information content (AvgIpc) is 2.63. The Hall–Kier alpha value is -1.76. The highest BCUT2D eigenvalue weighted by molar-refractivity contribution is 7.90. The lowest BCUT2D eigenvalue weighted by molar-refractivity contribution is 0.384. The van der Waals surface area contributed by atoms with Gasteiger partial charge in [0.2, 0.25) is 5.89 Å². The molecule has 0 fully saturated rings. The Morgan fingerprint density at radius 2 is 2.18 bits per heavy atom. The molecule has 0 aliphatic carbocycles. The molecule has 0 unspecified atom stereocenters. The van der Waals surface area contributed by atoms with E-state index in [1.54, 1.807) is 6.92 Å². The number of benzene rings is 1. The molecule has 0 saturated carbocycles. The van der Waals surface area contributed by atoms with E-state index in [1.165, 1.54) is 18.2 Å². The molecular formula is C10H9FN2O3S. The lowest BCUT2D eigenvalue weighted by atomic mass is 10.4. The van der Waals surface area contributed by atoms with Crippen molar-refractivity contribution in [3.05, 3.63) is 41.8 Å². The summed E-state index contributed by atoms with van der Waals surface area (Å²) in [5.41, 5.74) is 0. The van der Waals surface area contributed by atoms with Crippen molar-refractivity contribution in [2.24, 2.45) is 0 Å². The van der Waals surface area contributed by atoms with Crippen molar-refractivity contribution in [2.45, 2.75) is 17.6 Å². The van der Waals surface area contributed by atoms with Gasteiger partial charge in [-0.2, -0.15) is 4.98 Å². The third-order valence-corrected chi connectivity index (χ3v) is 3.64. The third-order valence-electron chi connectivity index (χ3n) is 2.04. The van der Waals surface area contributed by atoms with Gasteiger partial charge in [0, 0.05) is 0 Å². The van der Waals surface area contributed by atoms with Gasteiger partial charge >= 0.3 is 0 Å². The van der Waals surface area contributed by atoms with Crippen LogP contribution in [-0.2, 0) is 15.6 Å². The molecule has 0 N–H and O–H groups in total. The molecule has 5 nitrogen and oxygen atoms in total. The molecule has 2 aromatic rings. The molecule has 0 aliphatic heterocycles. The maximum atomic E-state index is 12.9. The Morgan fingerprint density at radius 3 is 2.76 bits per heavy atom. The van der Waals surface area contributed by atoms with E-state index in [0.717, 1.165) is 6.07 Å². The number of sulfone groups is 1. The third kappa shape index (κ3) is 2.68. The van der Waals surface area contributed by atoms with Crippen molar-refractivity contribution < 1.29 is 17.3 Å². The van der Waals surface area contributed by atoms with Crippen LogP contribution in [0.1, 0.15) is 11.7 Å². The molecule has 1 aromatic carbocycles. The van der Waals surface area contributed by atoms with Crippen LogP contribution < -0.4 is 0 Å². The summed E-state index contributed by atoms with van der Waals surface area (Å²) in [6.07, 6.45) is 0. The van der Waals surface area contributed by atoms with Gasteiger partial charge in [-0.15, -0.1) is 0 Å². The molecule has 0 spiro atoms. The Kier molecular flexibility index (Phi) is 2.93. The number of hydrogen-bond donors (Lipinski definition) is 0. The molecule has 1 heterocycles. The van der Waals surface area contributed by atoms with Gasteiger partial charge in [0.1, 0.15) is 11.6 Å². The molecule has 7 heteroatoms. The van der Waals surface area contributed by atoms with Crippen molar-refractivity contribution in [2.75, 3.05) is 0 Å². The predicted molar refractivity (Wildman–Crippen MR) is 56.3 cm³/mol. The lowest BCUT2D eigenvalue weighted by Crippen LogP contribution is -2.05. The zero-order valence-electron chi connectivity index (χ0n) is 8.92. The van der Waals surface area contributed by atoms with Crippen LogP contribution in [-0.4, -0.2) is 18.6 Å². The van der Waals surface area contributed by atoms with Crippen molar-refractivity contribution >= 4 is 9.84 Å². The fourth-order valence-corrected chi connectivity index (χ4v) is 2.49. The Labute approximate surface area is 97.2 Å². The molecule has 0 bridgehead atoms. The van der Waals surface area contributed by atoms with E-state index in [9.17, 15) is 12.8 Å². The largest absolute Gasteiger partial charge is 0.338 e. The minimum Gasteiger partial charge on any atom is -0.338 e. The molecule has 0 atom stereocenters. The molecule has 0 saturated heterocycles. The van der Waals surface area contributed by atoms with Gasteiger partial charge in [-0.3, -0.25) is 0 Å². The molecule has 17 heavy (non-hydrogen) atoms. The minimum atomic E-state index is -3.66. The van der Waals surface area contributed by atoms with Gasteiger partial charge in [-0.1, -0.05) is 11.2 Å². The van der Waals surface area contributed by atoms with E-state index in [-0.39, 0.29) is 10.8 Å². The summed E-state index contributed by atoms with van der Waals surface area (Å²) in [5.74, 6) is -0.689. The topological polar surface area (TPSA) is 73.1 Å². The number of rotatable bonds is 3. The fraction of sp³-hybridized carbons (Fsp3) is 0.200. The molecular weight excluding hydrogens is 247 g/mol. The molecule has 0 aliphatic rings. The van der Waals surface area contributed by atoms with Crippen LogP contribution in [0.2, 0.25) is 0 Å². The number of hydrogen-bond acceptors (Lipinski definition) is 5. The maximum absolute atomic E-state index is 12.9. The maximum Gasteiger partial charge on any atom is 0.242 e. The van der Waals surface area contributed by atoms with Gasteiger partial charge in [-0.25, -0.2) is 12.8 Å². The number of aryl methyl sites for hydroxylation is 1. The quantitative estimate of drug-likeness (QED) is 0.831. The fourth-order valence-electron chi connectivity index (χ4n) is 1.31. The van der Waals surface area contributed by atoms with Crippen molar-refractivity contribution in [1.29, 1.82) is 0 Å². The highest BCUT2D eigenvalue weighted by Gasteiger charge is 2.19. The minimum absolute atomic E-state index is 0.00763. The monoisotopic (exact) mass is 256 g/mol. The van der Waals surface area contributed by atoms with Gasteiger partial charge in [0.25, 0.3) is 0 Å². The molecule has 0 amide bonds. The normalized spacial score (nSPS) is 11.6. The van der Waals surface area contributed by atoms with Crippen molar-refractivity contribution in [3.63, 3.8) is 0 Å². The van der Waals surface area contributed by atoms with Crippen molar-refractivity contribution in [3.8, 4) is 0 Å². The van der Waals surface area contributed by atoms with E-state index in [4.69, 9.17) is 4.52 Å². The standard InChI is InChI=1S/C10H9FN2O3S/c1-7-12-10(16-13-7)6-17(14,15)9-4-2-3-8(11)5-9/h2-5H,6H2,1H3. The summed E-state index contributed by atoms with van der Waals surface area (Å²) in [4.78, 5) is 3.69. The smallest absolute Gasteiger partial charge is 0.242 e. The first-order chi connectivity index (χ1) is 7.97. The summed E-state index contributed by atoms with van der Waals surface area (Å²) >= 11 is 0. The summed E-state index contributed by atoms with van der Waals surface area (Å²) in [5, 5.41) is 3.49. The zero-order chi connectivity index (χ0) is 12.5. The van der Waals surface area contributed by atoms with Gasteiger partial charge < -0.3 is 4.52 Å². The second-order valence-corrected chi connectivity index (χ2v) is 5.44.